The molecule has 0 atom stereocenters. The van der Waals surface area contributed by atoms with Gasteiger partial charge in [-0.1, -0.05) is 32.6 Å². The van der Waals surface area contributed by atoms with Gasteiger partial charge in [-0.3, -0.25) is 4.79 Å². The van der Waals surface area contributed by atoms with E-state index < -0.39 is 85.1 Å². The van der Waals surface area contributed by atoms with Crippen LogP contribution in [0.1, 0.15) is 58.3 Å². The molecule has 0 aromatic heterocycles. The second-order valence-corrected chi connectivity index (χ2v) is 9.01. The molecule has 0 unspecified atom stereocenters. The lowest BCUT2D eigenvalue weighted by atomic mass is 9.69. The first kappa shape index (κ1) is 34.4. The van der Waals surface area contributed by atoms with Gasteiger partial charge < -0.3 is 4.74 Å². The van der Waals surface area contributed by atoms with Gasteiger partial charge in [-0.05, 0) is 19.3 Å². The van der Waals surface area contributed by atoms with Gasteiger partial charge in [0.1, 0.15) is 0 Å². The zero-order chi connectivity index (χ0) is 30.2. The van der Waals surface area contributed by atoms with E-state index in [-0.39, 0.29) is 25.7 Å². The lowest BCUT2D eigenvalue weighted by Crippen LogP contribution is -2.74. The van der Waals surface area contributed by atoms with Crippen molar-refractivity contribution in [3.8, 4) is 0 Å². The molecule has 0 radical (unpaired) electrons. The minimum absolute atomic E-state index is 0.130. The molecule has 1 aliphatic rings. The minimum Gasteiger partial charge on any atom is -0.465 e. The van der Waals surface area contributed by atoms with Crippen molar-refractivity contribution in [2.75, 3.05) is 6.61 Å². The first-order valence-corrected chi connectivity index (χ1v) is 10.9. The standard InChI is InChI=1S/C20H22F16O2/c1-2-3-9-38-12(37)13(7-5-4-6-8-13)10-14(23,24)16(27,28)18(31,32)20(35,36)19(33,34)17(29,30)15(25,26)11(21)22/h11H,2-10H2,1H3. The van der Waals surface area contributed by atoms with Gasteiger partial charge in [-0.15, -0.1) is 0 Å². The van der Waals surface area contributed by atoms with Gasteiger partial charge in [0.2, 0.25) is 0 Å². The number of carbonyl (C=O) groups is 1. The van der Waals surface area contributed by atoms with Crippen molar-refractivity contribution in [3.63, 3.8) is 0 Å². The highest BCUT2D eigenvalue weighted by Crippen LogP contribution is 2.64. The molecule has 1 fully saturated rings. The maximum absolute atomic E-state index is 14.6. The number of hydrogen-bond donors (Lipinski definition) is 0. The number of halogens is 16. The monoisotopic (exact) mass is 598 g/mol. The molecular formula is C20H22F16O2. The number of carbonyl (C=O) groups excluding carboxylic acids is 1. The van der Waals surface area contributed by atoms with Crippen LogP contribution in [0.2, 0.25) is 0 Å². The normalized spacial score (nSPS) is 18.6. The fraction of sp³-hybridized carbons (Fsp3) is 0.950. The molecule has 226 valence electrons. The van der Waals surface area contributed by atoms with Crippen LogP contribution in [0.5, 0.6) is 0 Å². The van der Waals surface area contributed by atoms with Crippen LogP contribution >= 0.6 is 0 Å². The van der Waals surface area contributed by atoms with Gasteiger partial charge in [0.25, 0.3) is 0 Å². The van der Waals surface area contributed by atoms with E-state index in [0.717, 1.165) is 0 Å². The average molecular weight is 598 g/mol. The lowest BCUT2D eigenvalue weighted by molar-refractivity contribution is -0.447. The van der Waals surface area contributed by atoms with Crippen molar-refractivity contribution < 1.29 is 79.8 Å². The molecule has 2 nitrogen and oxygen atoms in total. The Morgan fingerprint density at radius 1 is 0.711 bits per heavy atom. The first-order valence-electron chi connectivity index (χ1n) is 10.9. The van der Waals surface area contributed by atoms with E-state index >= 15 is 0 Å². The zero-order valence-corrected chi connectivity index (χ0v) is 19.3. The molecule has 0 N–H and O–H groups in total. The summed E-state index contributed by atoms with van der Waals surface area (Å²) in [5, 5.41) is 0. The van der Waals surface area contributed by atoms with Crippen molar-refractivity contribution >= 4 is 5.97 Å². The quantitative estimate of drug-likeness (QED) is 0.121. The highest BCUT2D eigenvalue weighted by molar-refractivity contribution is 5.77. The molecule has 0 aromatic rings. The van der Waals surface area contributed by atoms with Crippen LogP contribution in [0, 0.1) is 5.41 Å². The van der Waals surface area contributed by atoms with Crippen LogP contribution in [-0.2, 0) is 9.53 Å². The largest absolute Gasteiger partial charge is 0.465 e. The third-order valence-electron chi connectivity index (χ3n) is 6.26. The maximum atomic E-state index is 14.6. The summed E-state index contributed by atoms with van der Waals surface area (Å²) in [6.45, 7) is 1.13. The Morgan fingerprint density at radius 3 is 1.55 bits per heavy atom. The fourth-order valence-corrected chi connectivity index (χ4v) is 3.85. The molecule has 1 aliphatic carbocycles. The summed E-state index contributed by atoms with van der Waals surface area (Å²) in [6.07, 6.45) is -9.60. The molecule has 1 saturated carbocycles. The summed E-state index contributed by atoms with van der Waals surface area (Å²) < 4.78 is 222. The summed E-state index contributed by atoms with van der Waals surface area (Å²) in [5.74, 6) is -56.6. The van der Waals surface area contributed by atoms with Crippen molar-refractivity contribution in [1.82, 2.24) is 0 Å². The third-order valence-corrected chi connectivity index (χ3v) is 6.26. The lowest BCUT2D eigenvalue weighted by Gasteiger charge is -2.44. The van der Waals surface area contributed by atoms with Crippen molar-refractivity contribution in [1.29, 1.82) is 0 Å². The molecule has 1 rings (SSSR count). The van der Waals surface area contributed by atoms with Gasteiger partial charge in [0.05, 0.1) is 12.0 Å². The van der Waals surface area contributed by atoms with Crippen LogP contribution in [0.15, 0.2) is 0 Å². The van der Waals surface area contributed by atoms with Crippen LogP contribution < -0.4 is 0 Å². The summed E-state index contributed by atoms with van der Waals surface area (Å²) in [7, 11) is 0. The Labute approximate surface area is 205 Å². The second-order valence-electron chi connectivity index (χ2n) is 9.01. The Balaban J connectivity index is 3.54. The summed E-state index contributed by atoms with van der Waals surface area (Å²) in [6, 6.07) is 0. The topological polar surface area (TPSA) is 26.3 Å². The highest BCUT2D eigenvalue weighted by atomic mass is 19.4. The molecule has 0 spiro atoms. The van der Waals surface area contributed by atoms with Crippen LogP contribution in [0.3, 0.4) is 0 Å². The number of esters is 1. The molecule has 38 heavy (non-hydrogen) atoms. The summed E-state index contributed by atoms with van der Waals surface area (Å²) >= 11 is 0. The van der Waals surface area contributed by atoms with Gasteiger partial charge in [-0.2, -0.15) is 61.5 Å². The number of hydrogen-bond acceptors (Lipinski definition) is 2. The van der Waals surface area contributed by atoms with Crippen molar-refractivity contribution in [3.05, 3.63) is 0 Å². The molecule has 0 aliphatic heterocycles. The van der Waals surface area contributed by atoms with E-state index in [1.165, 1.54) is 0 Å². The number of ether oxygens (including phenoxy) is 1. The molecular weight excluding hydrogens is 576 g/mol. The smallest absolute Gasteiger partial charge is 0.384 e. The first-order chi connectivity index (χ1) is 16.8. The van der Waals surface area contributed by atoms with Gasteiger partial charge in [0, 0.05) is 6.42 Å². The Morgan fingerprint density at radius 2 is 1.13 bits per heavy atom. The molecule has 0 saturated heterocycles. The Bertz CT molecular complexity index is 818. The highest BCUT2D eigenvalue weighted by Gasteiger charge is 2.93. The molecule has 18 heteroatoms. The predicted octanol–water partition coefficient (Wildman–Crippen LogP) is 8.38. The van der Waals surface area contributed by atoms with E-state index in [4.69, 9.17) is 0 Å². The van der Waals surface area contributed by atoms with E-state index in [0.29, 0.717) is 6.42 Å². The molecule has 0 aromatic carbocycles. The average Bonchev–Trinajstić information content (AvgIpc) is 2.78. The van der Waals surface area contributed by atoms with Gasteiger partial charge in [0.15, 0.2) is 0 Å². The second kappa shape index (κ2) is 10.7. The Kier molecular flexibility index (Phi) is 9.71. The molecule has 0 bridgehead atoms. The Hall–Kier alpha value is -1.65. The fourth-order valence-electron chi connectivity index (χ4n) is 3.85. The van der Waals surface area contributed by atoms with E-state index in [9.17, 15) is 75.0 Å². The maximum Gasteiger partial charge on any atom is 0.384 e. The van der Waals surface area contributed by atoms with E-state index in [2.05, 4.69) is 4.74 Å². The van der Waals surface area contributed by atoms with Crippen molar-refractivity contribution in [2.24, 2.45) is 5.41 Å². The minimum atomic E-state index is -8.45. The van der Waals surface area contributed by atoms with Crippen LogP contribution in [-0.4, -0.2) is 60.5 Å². The summed E-state index contributed by atoms with van der Waals surface area (Å²) in [4.78, 5) is 12.4. The number of rotatable bonds is 13. The molecule has 0 heterocycles. The number of alkyl halides is 16. The van der Waals surface area contributed by atoms with Gasteiger partial charge >= 0.3 is 53.9 Å². The third kappa shape index (κ3) is 5.24. The number of unbranched alkanes of at least 4 members (excludes halogenated alkanes) is 1. The van der Waals surface area contributed by atoms with Crippen LogP contribution in [0.4, 0.5) is 70.2 Å². The predicted molar refractivity (Wildman–Crippen MR) is 96.6 cm³/mol. The summed E-state index contributed by atoms with van der Waals surface area (Å²) in [5.41, 5.74) is -2.71. The van der Waals surface area contributed by atoms with E-state index in [1.54, 1.807) is 6.92 Å². The van der Waals surface area contributed by atoms with Crippen molar-refractivity contribution in [2.45, 2.75) is 106 Å². The SMILES string of the molecule is CCCCOC(=O)C1(CC(F)(F)C(F)(F)C(F)(F)C(F)(F)C(F)(F)C(F)(F)C(F)(F)C(F)F)CCCCC1. The van der Waals surface area contributed by atoms with E-state index in [1.807, 2.05) is 0 Å². The van der Waals surface area contributed by atoms with Gasteiger partial charge in [-0.25, -0.2) is 8.78 Å². The zero-order valence-electron chi connectivity index (χ0n) is 19.3. The molecule has 0 amide bonds. The van der Waals surface area contributed by atoms with Crippen LogP contribution in [0.25, 0.3) is 0 Å².